The number of nitrogens with zero attached hydrogens (tertiary/aromatic N) is 2. The first-order valence-electron chi connectivity index (χ1n) is 13.7. The first kappa shape index (κ1) is 31.6. The van der Waals surface area contributed by atoms with Gasteiger partial charge in [-0.05, 0) is 27.9 Å². The highest BCUT2D eigenvalue weighted by atomic mass is 28.4. The first-order chi connectivity index (χ1) is 19.7. The van der Waals surface area contributed by atoms with Crippen molar-refractivity contribution >= 4 is 36.2 Å². The molecule has 0 aromatic heterocycles. The van der Waals surface area contributed by atoms with E-state index in [1.165, 1.54) is 0 Å². The third-order valence-corrected chi connectivity index (χ3v) is 11.7. The molecular weight excluding hydrogens is 532 g/mol. The second-order valence-electron chi connectivity index (χ2n) is 10.5. The van der Waals surface area contributed by atoms with E-state index in [0.29, 0.717) is 13.2 Å². The summed E-state index contributed by atoms with van der Waals surface area (Å²) in [4.78, 5) is 28.5. The molecule has 3 rings (SSSR count). The van der Waals surface area contributed by atoms with Crippen LogP contribution in [-0.4, -0.2) is 49.9 Å². The van der Waals surface area contributed by atoms with Gasteiger partial charge < -0.3 is 19.4 Å². The number of benzene rings is 3. The number of carbonyl (C=O) groups excluding carboxylic acids is 2. The molecule has 0 unspecified atom stereocenters. The van der Waals surface area contributed by atoms with Crippen molar-refractivity contribution in [3.63, 3.8) is 0 Å². The zero-order valence-corrected chi connectivity index (χ0v) is 25.2. The molecule has 0 fully saturated rings. The highest BCUT2D eigenvalue weighted by Crippen LogP contribution is 2.38. The fourth-order valence-corrected chi connectivity index (χ4v) is 9.41. The summed E-state index contributed by atoms with van der Waals surface area (Å²) in [7, 11) is -3.05. The minimum atomic E-state index is -3.05. The summed E-state index contributed by atoms with van der Waals surface area (Å²) in [6, 6.07) is 30.0. The number of Topliss-reactive ketones (excluding diaryl/α,β-unsaturated/α-hetero) is 1. The molecule has 1 atom stereocenters. The fourth-order valence-electron chi connectivity index (χ4n) is 4.78. The molecular formula is C33H38N2O5Si. The lowest BCUT2D eigenvalue weighted by Gasteiger charge is -2.44. The summed E-state index contributed by atoms with van der Waals surface area (Å²) in [6.07, 6.45) is 2.64. The zero-order chi connectivity index (χ0) is 29.7. The SMILES string of the molecule is CCOC(=O)C(=[N+]=[N-])C(=O)C[C@H](/C=C/COCc1ccccc1)O[Si](c1ccccc1)(c1ccccc1)C(C)(C)C. The van der Waals surface area contributed by atoms with Gasteiger partial charge in [0, 0.05) is 6.42 Å². The van der Waals surface area contributed by atoms with Crippen molar-refractivity contribution in [2.24, 2.45) is 0 Å². The maximum atomic E-state index is 13.3. The molecule has 7 nitrogen and oxygen atoms in total. The van der Waals surface area contributed by atoms with Gasteiger partial charge in [0.15, 0.2) is 0 Å². The van der Waals surface area contributed by atoms with Gasteiger partial charge in [-0.1, -0.05) is 124 Å². The Balaban J connectivity index is 2.00. The van der Waals surface area contributed by atoms with E-state index in [-0.39, 0.29) is 18.1 Å². The van der Waals surface area contributed by atoms with Crippen LogP contribution in [0.2, 0.25) is 5.04 Å². The maximum absolute atomic E-state index is 13.3. The molecule has 0 spiro atoms. The molecule has 0 aliphatic heterocycles. The van der Waals surface area contributed by atoms with Gasteiger partial charge in [0.1, 0.15) is 0 Å². The lowest BCUT2D eigenvalue weighted by Crippen LogP contribution is -2.67. The Kier molecular flexibility index (Phi) is 11.7. The highest BCUT2D eigenvalue weighted by molar-refractivity contribution is 6.99. The van der Waals surface area contributed by atoms with Crippen LogP contribution in [0.25, 0.3) is 5.53 Å². The number of ether oxygens (including phenoxy) is 2. The van der Waals surface area contributed by atoms with Gasteiger partial charge >= 0.3 is 11.7 Å². The lowest BCUT2D eigenvalue weighted by molar-refractivity contribution is -0.141. The topological polar surface area (TPSA) is 98.2 Å². The Morgan fingerprint density at radius 3 is 1.93 bits per heavy atom. The monoisotopic (exact) mass is 570 g/mol. The highest BCUT2D eigenvalue weighted by Gasteiger charge is 2.51. The number of ketones is 1. The zero-order valence-electron chi connectivity index (χ0n) is 24.2. The van der Waals surface area contributed by atoms with Crippen LogP contribution in [-0.2, 0) is 30.1 Å². The molecule has 0 aliphatic rings. The van der Waals surface area contributed by atoms with Gasteiger partial charge in [-0.3, -0.25) is 4.79 Å². The molecule has 8 heteroatoms. The van der Waals surface area contributed by atoms with Gasteiger partial charge in [0.25, 0.3) is 14.1 Å². The maximum Gasteiger partial charge on any atom is 0.441 e. The van der Waals surface area contributed by atoms with Crippen molar-refractivity contribution in [3.05, 3.63) is 114 Å². The standard InChI is InChI=1S/C33H38N2O5Si/c1-5-39-32(37)31(35-34)30(36)24-27(18-15-23-38-25-26-16-9-6-10-17-26)40-41(33(2,3)4,28-19-11-7-12-20-28)29-21-13-8-14-22-29/h6-22,27H,5,23-25H2,1-4H3/b18-15+/t27-/m0/s1. The first-order valence-corrected chi connectivity index (χ1v) is 15.6. The van der Waals surface area contributed by atoms with Gasteiger partial charge in [-0.15, -0.1) is 0 Å². The smallest absolute Gasteiger partial charge is 0.441 e. The van der Waals surface area contributed by atoms with Crippen LogP contribution in [0.1, 0.15) is 39.7 Å². The minimum Gasteiger partial charge on any atom is -0.457 e. The summed E-state index contributed by atoms with van der Waals surface area (Å²) >= 11 is 0. The number of rotatable bonds is 14. The van der Waals surface area contributed by atoms with Crippen LogP contribution in [0.15, 0.2) is 103 Å². The summed E-state index contributed by atoms with van der Waals surface area (Å²) < 4.78 is 17.9. The Bertz CT molecular complexity index is 1310. The number of hydrogen-bond acceptors (Lipinski definition) is 5. The molecule has 3 aromatic rings. The summed E-state index contributed by atoms with van der Waals surface area (Å²) in [6.45, 7) is 8.82. The molecule has 0 aliphatic carbocycles. The second kappa shape index (κ2) is 15.2. The largest absolute Gasteiger partial charge is 0.457 e. The average Bonchev–Trinajstić information content (AvgIpc) is 2.97. The summed E-state index contributed by atoms with van der Waals surface area (Å²) in [5.74, 6) is -1.65. The molecule has 41 heavy (non-hydrogen) atoms. The van der Waals surface area contributed by atoms with Crippen molar-refractivity contribution in [1.29, 1.82) is 0 Å². The van der Waals surface area contributed by atoms with Crippen LogP contribution in [0, 0.1) is 0 Å². The molecule has 214 valence electrons. The van der Waals surface area contributed by atoms with E-state index < -0.39 is 31.9 Å². The van der Waals surface area contributed by atoms with Crippen molar-refractivity contribution in [2.75, 3.05) is 13.2 Å². The Labute approximate surface area is 243 Å². The van der Waals surface area contributed by atoms with E-state index in [1.54, 1.807) is 13.0 Å². The minimum absolute atomic E-state index is 0.0474. The molecule has 0 radical (unpaired) electrons. The number of carbonyl (C=O) groups is 2. The van der Waals surface area contributed by atoms with Crippen molar-refractivity contribution in [3.8, 4) is 0 Å². The molecule has 0 amide bonds. The third-order valence-electron chi connectivity index (χ3n) is 6.64. The van der Waals surface area contributed by atoms with E-state index in [1.807, 2.05) is 72.8 Å². The molecule has 0 heterocycles. The Morgan fingerprint density at radius 1 is 0.902 bits per heavy atom. The van der Waals surface area contributed by atoms with Crippen LogP contribution < -0.4 is 10.4 Å². The molecule has 0 saturated carbocycles. The van der Waals surface area contributed by atoms with Crippen LogP contribution in [0.5, 0.6) is 0 Å². The van der Waals surface area contributed by atoms with Crippen LogP contribution in [0.3, 0.4) is 0 Å². The van der Waals surface area contributed by atoms with Gasteiger partial charge in [-0.2, -0.15) is 4.79 Å². The fraction of sp³-hybridized carbons (Fsp3) is 0.303. The van der Waals surface area contributed by atoms with E-state index in [2.05, 4.69) is 49.8 Å². The number of esters is 1. The second-order valence-corrected chi connectivity index (χ2v) is 14.8. The van der Waals surface area contributed by atoms with Crippen molar-refractivity contribution in [1.82, 2.24) is 0 Å². The summed E-state index contributed by atoms with van der Waals surface area (Å²) in [5, 5.41) is 1.75. The molecule has 0 saturated heterocycles. The normalized spacial score (nSPS) is 12.5. The van der Waals surface area contributed by atoms with Crippen molar-refractivity contribution < 1.29 is 28.3 Å². The quantitative estimate of drug-likeness (QED) is 0.0401. The predicted molar refractivity (Wildman–Crippen MR) is 163 cm³/mol. The van der Waals surface area contributed by atoms with Crippen LogP contribution >= 0.6 is 0 Å². The van der Waals surface area contributed by atoms with Gasteiger partial charge in [0.2, 0.25) is 0 Å². The lowest BCUT2D eigenvalue weighted by atomic mass is 10.1. The Hall–Kier alpha value is -3.94. The van der Waals surface area contributed by atoms with E-state index in [9.17, 15) is 15.1 Å². The molecule has 0 N–H and O–H groups in total. The van der Waals surface area contributed by atoms with E-state index in [0.717, 1.165) is 15.9 Å². The number of hydrogen-bond donors (Lipinski definition) is 0. The Morgan fingerprint density at radius 2 is 1.44 bits per heavy atom. The van der Waals surface area contributed by atoms with E-state index in [4.69, 9.17) is 13.9 Å². The third kappa shape index (κ3) is 8.28. The van der Waals surface area contributed by atoms with Crippen molar-refractivity contribution in [2.45, 2.75) is 51.9 Å². The summed E-state index contributed by atoms with van der Waals surface area (Å²) in [5.41, 5.74) is 9.87. The average molecular weight is 571 g/mol. The van der Waals surface area contributed by atoms with Gasteiger partial charge in [0.05, 0.1) is 25.9 Å². The predicted octanol–water partition coefficient (Wildman–Crippen LogP) is 4.90. The van der Waals surface area contributed by atoms with Crippen LogP contribution in [0.4, 0.5) is 0 Å². The van der Waals surface area contributed by atoms with Gasteiger partial charge in [-0.25, -0.2) is 4.79 Å². The molecule has 3 aromatic carbocycles. The molecule has 0 bridgehead atoms. The van der Waals surface area contributed by atoms with E-state index >= 15 is 0 Å².